The second kappa shape index (κ2) is 6.55. The van der Waals surface area contributed by atoms with E-state index >= 15 is 0 Å². The summed E-state index contributed by atoms with van der Waals surface area (Å²) in [6.07, 6.45) is 5.80. The Labute approximate surface area is 123 Å². The number of anilines is 1. The van der Waals surface area contributed by atoms with Crippen molar-refractivity contribution in [3.8, 4) is 0 Å². The Morgan fingerprint density at radius 2 is 2.11 bits per heavy atom. The molecule has 0 radical (unpaired) electrons. The maximum Gasteiger partial charge on any atom is 0.293 e. The lowest BCUT2D eigenvalue weighted by Crippen LogP contribution is -2.39. The standard InChI is InChI=1S/C14H22BrN3O/c1-11(2)10-18-8-5-16-13(14(18)19)17-6-3-12(9-15)4-7-17/h5,8,11-12H,3-4,6-7,9-10H2,1-2H3. The Hall–Kier alpha value is -0.840. The lowest BCUT2D eigenvalue weighted by molar-refractivity contribution is 0.441. The third-order valence-corrected chi connectivity index (χ3v) is 4.51. The van der Waals surface area contributed by atoms with E-state index in [1.54, 1.807) is 17.0 Å². The van der Waals surface area contributed by atoms with Gasteiger partial charge in [-0.3, -0.25) is 4.79 Å². The molecule has 19 heavy (non-hydrogen) atoms. The van der Waals surface area contributed by atoms with Crippen molar-refractivity contribution < 1.29 is 0 Å². The summed E-state index contributed by atoms with van der Waals surface area (Å²) in [6, 6.07) is 0. The fourth-order valence-corrected chi connectivity index (χ4v) is 3.14. The molecule has 5 heteroatoms. The van der Waals surface area contributed by atoms with Crippen molar-refractivity contribution in [3.63, 3.8) is 0 Å². The predicted molar refractivity (Wildman–Crippen MR) is 82.1 cm³/mol. The molecular formula is C14H22BrN3O. The lowest BCUT2D eigenvalue weighted by atomic mass is 9.99. The number of alkyl halides is 1. The van der Waals surface area contributed by atoms with Crippen molar-refractivity contribution in [2.45, 2.75) is 33.2 Å². The van der Waals surface area contributed by atoms with Crippen LogP contribution in [-0.2, 0) is 6.54 Å². The SMILES string of the molecule is CC(C)Cn1ccnc(N2CCC(CBr)CC2)c1=O. The first-order valence-corrected chi connectivity index (χ1v) is 8.10. The summed E-state index contributed by atoms with van der Waals surface area (Å²) >= 11 is 3.54. The van der Waals surface area contributed by atoms with Crippen LogP contribution in [0.15, 0.2) is 17.2 Å². The summed E-state index contributed by atoms with van der Waals surface area (Å²) < 4.78 is 1.78. The molecule has 2 rings (SSSR count). The van der Waals surface area contributed by atoms with Gasteiger partial charge in [-0.05, 0) is 24.7 Å². The summed E-state index contributed by atoms with van der Waals surface area (Å²) in [5, 5.41) is 1.06. The van der Waals surface area contributed by atoms with Crippen molar-refractivity contribution in [2.24, 2.45) is 11.8 Å². The first-order chi connectivity index (χ1) is 9.11. The molecule has 106 valence electrons. The molecule has 1 aliphatic rings. The molecule has 0 aliphatic carbocycles. The maximum atomic E-state index is 12.4. The molecule has 0 atom stereocenters. The molecule has 1 aliphatic heterocycles. The minimum Gasteiger partial charge on any atom is -0.352 e. The summed E-state index contributed by atoms with van der Waals surface area (Å²) in [5.74, 6) is 1.82. The zero-order valence-corrected chi connectivity index (χ0v) is 13.3. The van der Waals surface area contributed by atoms with Crippen molar-refractivity contribution in [2.75, 3.05) is 23.3 Å². The molecule has 1 saturated heterocycles. The molecule has 0 saturated carbocycles. The predicted octanol–water partition coefficient (Wildman–Crippen LogP) is 2.51. The van der Waals surface area contributed by atoms with Crippen LogP contribution < -0.4 is 10.5 Å². The van der Waals surface area contributed by atoms with Crippen molar-refractivity contribution in [1.29, 1.82) is 0 Å². The number of hydrogen-bond donors (Lipinski definition) is 0. The molecule has 0 N–H and O–H groups in total. The van der Waals surface area contributed by atoms with E-state index in [1.807, 2.05) is 0 Å². The summed E-state index contributed by atoms with van der Waals surface area (Å²) in [7, 11) is 0. The highest BCUT2D eigenvalue weighted by molar-refractivity contribution is 9.09. The fourth-order valence-electron chi connectivity index (χ4n) is 2.49. The van der Waals surface area contributed by atoms with Gasteiger partial charge in [-0.25, -0.2) is 4.98 Å². The molecule has 1 aromatic heterocycles. The van der Waals surface area contributed by atoms with Crippen LogP contribution in [0.1, 0.15) is 26.7 Å². The normalized spacial score (nSPS) is 17.2. The summed E-state index contributed by atoms with van der Waals surface area (Å²) in [4.78, 5) is 18.8. The minimum absolute atomic E-state index is 0.0495. The quantitative estimate of drug-likeness (QED) is 0.797. The van der Waals surface area contributed by atoms with Gasteiger partial charge in [0.1, 0.15) is 0 Å². The van der Waals surface area contributed by atoms with Gasteiger partial charge in [-0.15, -0.1) is 0 Å². The van der Waals surface area contributed by atoms with Gasteiger partial charge in [0.25, 0.3) is 5.56 Å². The van der Waals surface area contributed by atoms with Gasteiger partial charge in [-0.1, -0.05) is 29.8 Å². The lowest BCUT2D eigenvalue weighted by Gasteiger charge is -2.31. The average Bonchev–Trinajstić information content (AvgIpc) is 2.41. The van der Waals surface area contributed by atoms with E-state index in [-0.39, 0.29) is 5.56 Å². The smallest absolute Gasteiger partial charge is 0.293 e. The Morgan fingerprint density at radius 1 is 1.42 bits per heavy atom. The highest BCUT2D eigenvalue weighted by atomic mass is 79.9. The van der Waals surface area contributed by atoms with E-state index in [2.05, 4.69) is 39.7 Å². The Kier molecular flexibility index (Phi) is 5.02. The van der Waals surface area contributed by atoms with E-state index in [4.69, 9.17) is 0 Å². The third-order valence-electron chi connectivity index (χ3n) is 3.59. The zero-order chi connectivity index (χ0) is 13.8. The fraction of sp³-hybridized carbons (Fsp3) is 0.714. The first kappa shape index (κ1) is 14.6. The maximum absolute atomic E-state index is 12.4. The Bertz CT molecular complexity index is 464. The van der Waals surface area contributed by atoms with Crippen LogP contribution in [-0.4, -0.2) is 28.0 Å². The molecule has 1 fully saturated rings. The summed E-state index contributed by atoms with van der Waals surface area (Å²) in [5.41, 5.74) is 0.0495. The highest BCUT2D eigenvalue weighted by Gasteiger charge is 2.21. The second-order valence-electron chi connectivity index (χ2n) is 5.69. The molecule has 4 nitrogen and oxygen atoms in total. The van der Waals surface area contributed by atoms with E-state index < -0.39 is 0 Å². The van der Waals surface area contributed by atoms with Gasteiger partial charge in [0, 0.05) is 37.4 Å². The number of rotatable bonds is 4. The molecule has 0 aromatic carbocycles. The molecule has 0 spiro atoms. The van der Waals surface area contributed by atoms with Crippen LogP contribution >= 0.6 is 15.9 Å². The number of hydrogen-bond acceptors (Lipinski definition) is 3. The van der Waals surface area contributed by atoms with E-state index in [0.717, 1.165) is 43.7 Å². The minimum atomic E-state index is 0.0495. The average molecular weight is 328 g/mol. The highest BCUT2D eigenvalue weighted by Crippen LogP contribution is 2.21. The van der Waals surface area contributed by atoms with Gasteiger partial charge in [0.2, 0.25) is 0 Å². The number of piperidine rings is 1. The van der Waals surface area contributed by atoms with Gasteiger partial charge in [-0.2, -0.15) is 0 Å². The number of aromatic nitrogens is 2. The van der Waals surface area contributed by atoms with Crippen LogP contribution in [0.3, 0.4) is 0 Å². The molecule has 0 unspecified atom stereocenters. The van der Waals surface area contributed by atoms with Crippen LogP contribution in [0.5, 0.6) is 0 Å². The number of halogens is 1. The molecule has 2 heterocycles. The second-order valence-corrected chi connectivity index (χ2v) is 6.33. The molecule has 0 bridgehead atoms. The van der Waals surface area contributed by atoms with Gasteiger partial charge < -0.3 is 9.47 Å². The first-order valence-electron chi connectivity index (χ1n) is 6.98. The van der Waals surface area contributed by atoms with Crippen molar-refractivity contribution in [3.05, 3.63) is 22.7 Å². The van der Waals surface area contributed by atoms with E-state index in [1.165, 1.54) is 0 Å². The zero-order valence-electron chi connectivity index (χ0n) is 11.7. The van der Waals surface area contributed by atoms with Crippen LogP contribution in [0.4, 0.5) is 5.82 Å². The van der Waals surface area contributed by atoms with Crippen LogP contribution in [0.2, 0.25) is 0 Å². The molecule has 1 aromatic rings. The van der Waals surface area contributed by atoms with Crippen LogP contribution in [0.25, 0.3) is 0 Å². The topological polar surface area (TPSA) is 38.1 Å². The van der Waals surface area contributed by atoms with Gasteiger partial charge >= 0.3 is 0 Å². The monoisotopic (exact) mass is 327 g/mol. The Balaban J connectivity index is 2.15. The van der Waals surface area contributed by atoms with E-state index in [0.29, 0.717) is 11.7 Å². The summed E-state index contributed by atoms with van der Waals surface area (Å²) in [6.45, 7) is 6.86. The van der Waals surface area contributed by atoms with Crippen LogP contribution in [0, 0.1) is 11.8 Å². The van der Waals surface area contributed by atoms with E-state index in [9.17, 15) is 4.79 Å². The van der Waals surface area contributed by atoms with Gasteiger partial charge in [0.05, 0.1) is 0 Å². The largest absolute Gasteiger partial charge is 0.352 e. The van der Waals surface area contributed by atoms with Crippen molar-refractivity contribution >= 4 is 21.7 Å². The molecular weight excluding hydrogens is 306 g/mol. The van der Waals surface area contributed by atoms with Gasteiger partial charge in [0.15, 0.2) is 5.82 Å². The third kappa shape index (κ3) is 3.59. The Morgan fingerprint density at radius 3 is 2.68 bits per heavy atom. The van der Waals surface area contributed by atoms with Crippen molar-refractivity contribution in [1.82, 2.24) is 9.55 Å². The number of nitrogens with zero attached hydrogens (tertiary/aromatic N) is 3. The molecule has 0 amide bonds.